The summed E-state index contributed by atoms with van der Waals surface area (Å²) in [4.78, 5) is 51.1. The molecule has 3 heterocycles. The standard InChI is InChI=1S/C21H13F2N5O4/c22-11-1-3-16-14(7-11)18(29)20(31)27(16)6-5-26-9-13(24-25-26)10-28-17-4-2-12(23)8-15(17)19(30)21(28)32/h1-4,7-9H,5-6,10H2. The molecule has 0 aliphatic carbocycles. The van der Waals surface area contributed by atoms with E-state index >= 15 is 0 Å². The molecule has 0 saturated heterocycles. The SMILES string of the molecule is O=C1C(=O)N(CCn2cc(CN3C(=O)C(=O)c4cc(F)ccc43)nn2)c2ccc(F)cc21. The Labute approximate surface area is 178 Å². The predicted molar refractivity (Wildman–Crippen MR) is 105 cm³/mol. The van der Waals surface area contributed by atoms with Gasteiger partial charge in [-0.3, -0.25) is 28.8 Å². The van der Waals surface area contributed by atoms with E-state index in [1.54, 1.807) is 0 Å². The first-order chi connectivity index (χ1) is 15.3. The van der Waals surface area contributed by atoms with Crippen LogP contribution in [0.1, 0.15) is 26.4 Å². The van der Waals surface area contributed by atoms with Gasteiger partial charge in [0.2, 0.25) is 0 Å². The van der Waals surface area contributed by atoms with E-state index in [0.29, 0.717) is 17.1 Å². The first-order valence-corrected chi connectivity index (χ1v) is 9.54. The average Bonchev–Trinajstić information content (AvgIpc) is 3.39. The van der Waals surface area contributed by atoms with E-state index in [1.807, 2.05) is 0 Å². The molecule has 2 aliphatic rings. The number of halogens is 2. The number of carbonyl (C=O) groups is 4. The maximum atomic E-state index is 13.4. The lowest BCUT2D eigenvalue weighted by Crippen LogP contribution is -2.32. The van der Waals surface area contributed by atoms with Gasteiger partial charge in [-0.25, -0.2) is 8.78 Å². The molecule has 0 spiro atoms. The van der Waals surface area contributed by atoms with Gasteiger partial charge in [-0.05, 0) is 36.4 Å². The third-order valence-electron chi connectivity index (χ3n) is 5.33. The molecule has 2 aromatic carbocycles. The Morgan fingerprint density at radius 3 is 1.94 bits per heavy atom. The zero-order valence-electron chi connectivity index (χ0n) is 16.3. The van der Waals surface area contributed by atoms with Gasteiger partial charge >= 0.3 is 0 Å². The van der Waals surface area contributed by atoms with E-state index < -0.39 is 35.0 Å². The van der Waals surface area contributed by atoms with Gasteiger partial charge in [0.05, 0.1) is 41.8 Å². The van der Waals surface area contributed by atoms with Gasteiger partial charge in [0.15, 0.2) is 0 Å². The van der Waals surface area contributed by atoms with Gasteiger partial charge in [0.25, 0.3) is 23.4 Å². The number of Topliss-reactive ketones (excluding diaryl/α,β-unsaturated/α-hetero) is 2. The Bertz CT molecular complexity index is 1340. The number of carbonyl (C=O) groups excluding carboxylic acids is 4. The Morgan fingerprint density at radius 1 is 0.750 bits per heavy atom. The van der Waals surface area contributed by atoms with Gasteiger partial charge in [-0.1, -0.05) is 5.21 Å². The number of anilines is 2. The van der Waals surface area contributed by atoms with Crippen molar-refractivity contribution >= 4 is 34.8 Å². The number of hydrogen-bond acceptors (Lipinski definition) is 6. The van der Waals surface area contributed by atoms with E-state index in [9.17, 15) is 28.0 Å². The Morgan fingerprint density at radius 2 is 1.31 bits per heavy atom. The number of nitrogens with zero attached hydrogens (tertiary/aromatic N) is 5. The second-order valence-electron chi connectivity index (χ2n) is 7.30. The second kappa shape index (κ2) is 7.15. The van der Waals surface area contributed by atoms with Crippen molar-refractivity contribution in [1.82, 2.24) is 15.0 Å². The van der Waals surface area contributed by atoms with Crippen molar-refractivity contribution in [2.75, 3.05) is 16.3 Å². The summed E-state index contributed by atoms with van der Waals surface area (Å²) in [7, 11) is 0. The fraction of sp³-hybridized carbons (Fsp3) is 0.143. The van der Waals surface area contributed by atoms with Crippen LogP contribution in [0.2, 0.25) is 0 Å². The molecule has 32 heavy (non-hydrogen) atoms. The van der Waals surface area contributed by atoms with Crippen molar-refractivity contribution in [1.29, 1.82) is 0 Å². The lowest BCUT2D eigenvalue weighted by Gasteiger charge is -2.16. The minimum atomic E-state index is -0.792. The molecule has 0 N–H and O–H groups in total. The first-order valence-electron chi connectivity index (χ1n) is 9.54. The molecule has 160 valence electrons. The number of hydrogen-bond donors (Lipinski definition) is 0. The van der Waals surface area contributed by atoms with Crippen LogP contribution in [0.4, 0.5) is 20.2 Å². The molecule has 2 aliphatic heterocycles. The molecule has 1 aromatic heterocycles. The molecule has 2 amide bonds. The third-order valence-corrected chi connectivity index (χ3v) is 5.33. The molecule has 9 nitrogen and oxygen atoms in total. The van der Waals surface area contributed by atoms with E-state index in [2.05, 4.69) is 10.3 Å². The third kappa shape index (κ3) is 3.06. The number of ketones is 2. The summed E-state index contributed by atoms with van der Waals surface area (Å²) >= 11 is 0. The fourth-order valence-corrected chi connectivity index (χ4v) is 3.81. The van der Waals surface area contributed by atoms with E-state index in [4.69, 9.17) is 0 Å². The van der Waals surface area contributed by atoms with Gasteiger partial charge in [-0.15, -0.1) is 5.10 Å². The summed E-state index contributed by atoms with van der Waals surface area (Å²) in [6.07, 6.45) is 1.53. The maximum Gasteiger partial charge on any atom is 0.299 e. The molecule has 0 radical (unpaired) electrons. The lowest BCUT2D eigenvalue weighted by atomic mass is 10.1. The Kier molecular flexibility index (Phi) is 4.40. The summed E-state index contributed by atoms with van der Waals surface area (Å²) in [5.41, 5.74) is 0.999. The van der Waals surface area contributed by atoms with Gasteiger partial charge < -0.3 is 4.90 Å². The summed E-state index contributed by atoms with van der Waals surface area (Å²) in [5, 5.41) is 7.93. The first kappa shape index (κ1) is 19.7. The van der Waals surface area contributed by atoms with Crippen LogP contribution >= 0.6 is 0 Å². The smallest absolute Gasteiger partial charge is 0.299 e. The van der Waals surface area contributed by atoms with Gasteiger partial charge in [0.1, 0.15) is 17.3 Å². The number of aromatic nitrogens is 3. The minimum absolute atomic E-state index is 0.00490. The molecular formula is C21H13F2N5O4. The van der Waals surface area contributed by atoms with Crippen LogP contribution in [0.25, 0.3) is 0 Å². The van der Waals surface area contributed by atoms with Crippen LogP contribution in [-0.2, 0) is 22.7 Å². The highest BCUT2D eigenvalue weighted by Gasteiger charge is 2.37. The molecule has 5 rings (SSSR count). The van der Waals surface area contributed by atoms with Crippen LogP contribution in [0, 0.1) is 11.6 Å². The number of benzene rings is 2. The highest BCUT2D eigenvalue weighted by Crippen LogP contribution is 2.31. The zero-order valence-corrected chi connectivity index (χ0v) is 16.3. The minimum Gasteiger partial charge on any atom is -0.303 e. The second-order valence-corrected chi connectivity index (χ2v) is 7.30. The van der Waals surface area contributed by atoms with Crippen LogP contribution in [0.5, 0.6) is 0 Å². The summed E-state index contributed by atoms with van der Waals surface area (Å²) in [6.45, 7) is 0.221. The lowest BCUT2D eigenvalue weighted by molar-refractivity contribution is -0.115. The Hall–Kier alpha value is -4.28. The normalized spacial score (nSPS) is 15.1. The van der Waals surface area contributed by atoms with Crippen molar-refractivity contribution in [2.24, 2.45) is 0 Å². The van der Waals surface area contributed by atoms with E-state index in [0.717, 1.165) is 18.2 Å². The topological polar surface area (TPSA) is 105 Å². The molecule has 0 bridgehead atoms. The monoisotopic (exact) mass is 437 g/mol. The molecule has 0 saturated carbocycles. The van der Waals surface area contributed by atoms with Gasteiger partial charge in [0, 0.05) is 6.54 Å². The summed E-state index contributed by atoms with van der Waals surface area (Å²) in [5.74, 6) is -4.32. The van der Waals surface area contributed by atoms with Crippen LogP contribution in [0.3, 0.4) is 0 Å². The van der Waals surface area contributed by atoms with Crippen molar-refractivity contribution in [3.05, 3.63) is 71.1 Å². The highest BCUT2D eigenvalue weighted by atomic mass is 19.1. The summed E-state index contributed by atoms with van der Waals surface area (Å²) in [6, 6.07) is 7.10. The molecule has 0 unspecified atom stereocenters. The zero-order chi connectivity index (χ0) is 22.6. The molecular weight excluding hydrogens is 424 g/mol. The average molecular weight is 437 g/mol. The van der Waals surface area contributed by atoms with E-state index in [1.165, 1.54) is 38.9 Å². The molecule has 3 aromatic rings. The number of rotatable bonds is 5. The molecule has 0 fully saturated rings. The quantitative estimate of drug-likeness (QED) is 0.561. The van der Waals surface area contributed by atoms with Gasteiger partial charge in [-0.2, -0.15) is 0 Å². The van der Waals surface area contributed by atoms with Crippen LogP contribution in [0.15, 0.2) is 42.6 Å². The number of fused-ring (bicyclic) bond motifs is 2. The van der Waals surface area contributed by atoms with E-state index in [-0.39, 0.29) is 30.8 Å². The molecule has 11 heteroatoms. The fourth-order valence-electron chi connectivity index (χ4n) is 3.81. The van der Waals surface area contributed by atoms with Crippen molar-refractivity contribution in [3.8, 4) is 0 Å². The largest absolute Gasteiger partial charge is 0.303 e. The van der Waals surface area contributed by atoms with Crippen molar-refractivity contribution < 1.29 is 28.0 Å². The summed E-state index contributed by atoms with van der Waals surface area (Å²) < 4.78 is 28.2. The van der Waals surface area contributed by atoms with Crippen LogP contribution in [-0.4, -0.2) is 44.9 Å². The maximum absolute atomic E-state index is 13.4. The predicted octanol–water partition coefficient (Wildman–Crippen LogP) is 1.52. The van der Waals surface area contributed by atoms with Crippen LogP contribution < -0.4 is 9.80 Å². The van der Waals surface area contributed by atoms with Crippen molar-refractivity contribution in [2.45, 2.75) is 13.1 Å². The van der Waals surface area contributed by atoms with Crippen molar-refractivity contribution in [3.63, 3.8) is 0 Å². The Balaban J connectivity index is 1.30. The molecule has 0 atom stereocenters. The highest BCUT2D eigenvalue weighted by molar-refractivity contribution is 6.52. The number of amides is 2.